The van der Waals surface area contributed by atoms with Crippen molar-refractivity contribution in [3.63, 3.8) is 0 Å². The lowest BCUT2D eigenvalue weighted by Gasteiger charge is -2.09. The average Bonchev–Trinajstić information content (AvgIpc) is 2.37. The fourth-order valence-corrected chi connectivity index (χ4v) is 1.92. The Bertz CT molecular complexity index is 593. The minimum absolute atomic E-state index is 0.0764. The molecule has 2 aromatic rings. The summed E-state index contributed by atoms with van der Waals surface area (Å²) in [6.07, 6.45) is 0. The van der Waals surface area contributed by atoms with E-state index < -0.39 is 23.3 Å². The Kier molecular flexibility index (Phi) is 4.09. The quantitative estimate of drug-likeness (QED) is 0.638. The molecule has 0 saturated carbocycles. The predicted octanol–water partition coefficient (Wildman–Crippen LogP) is 4.62. The molecule has 100 valence electrons. The highest BCUT2D eigenvalue weighted by Gasteiger charge is 2.10. The molecule has 2 rings (SSSR count). The molecule has 0 aromatic heterocycles. The third kappa shape index (κ3) is 3.26. The minimum Gasteiger partial charge on any atom is -0.381 e. The van der Waals surface area contributed by atoms with Crippen LogP contribution >= 0.6 is 15.9 Å². The summed E-state index contributed by atoms with van der Waals surface area (Å²) in [5.74, 6) is -4.49. The third-order valence-corrected chi connectivity index (χ3v) is 3.25. The molecule has 0 radical (unpaired) electrons. The van der Waals surface area contributed by atoms with Crippen molar-refractivity contribution in [1.29, 1.82) is 0 Å². The molecule has 0 heterocycles. The molecule has 0 bridgehead atoms. The largest absolute Gasteiger partial charge is 0.381 e. The lowest BCUT2D eigenvalue weighted by molar-refractivity contribution is 0.447. The monoisotopic (exact) mass is 333 g/mol. The molecule has 0 saturated heterocycles. The third-order valence-electron chi connectivity index (χ3n) is 2.47. The molecular formula is C13H8BrF4N. The number of hydrogen-bond donors (Lipinski definition) is 1. The Morgan fingerprint density at radius 3 is 2.21 bits per heavy atom. The van der Waals surface area contributed by atoms with Crippen molar-refractivity contribution in [2.75, 3.05) is 5.32 Å². The summed E-state index contributed by atoms with van der Waals surface area (Å²) in [6.45, 7) is 0.142. The van der Waals surface area contributed by atoms with E-state index in [-0.39, 0.29) is 12.2 Å². The van der Waals surface area contributed by atoms with Gasteiger partial charge in [-0.05, 0) is 23.8 Å². The van der Waals surface area contributed by atoms with Gasteiger partial charge in [0.15, 0.2) is 17.5 Å². The number of anilines is 1. The lowest BCUT2D eigenvalue weighted by Crippen LogP contribution is -2.03. The van der Waals surface area contributed by atoms with E-state index >= 15 is 0 Å². The van der Waals surface area contributed by atoms with Crippen LogP contribution in [-0.2, 0) is 6.54 Å². The average molecular weight is 334 g/mol. The molecule has 1 nitrogen and oxygen atoms in total. The molecule has 0 atom stereocenters. The highest BCUT2D eigenvalue weighted by molar-refractivity contribution is 9.10. The number of hydrogen-bond acceptors (Lipinski definition) is 1. The molecule has 0 spiro atoms. The van der Waals surface area contributed by atoms with Gasteiger partial charge in [-0.25, -0.2) is 17.6 Å². The maximum atomic E-state index is 13.0. The summed E-state index contributed by atoms with van der Waals surface area (Å²) in [6, 6.07) is 5.77. The van der Waals surface area contributed by atoms with Crippen molar-refractivity contribution >= 4 is 21.6 Å². The van der Waals surface area contributed by atoms with Gasteiger partial charge < -0.3 is 5.32 Å². The smallest absolute Gasteiger partial charge is 0.194 e. The molecule has 0 aliphatic carbocycles. The summed E-state index contributed by atoms with van der Waals surface area (Å²) in [7, 11) is 0. The van der Waals surface area contributed by atoms with Crippen LogP contribution in [0.15, 0.2) is 34.8 Å². The molecule has 1 N–H and O–H groups in total. The Morgan fingerprint density at radius 1 is 0.947 bits per heavy atom. The molecule has 0 fully saturated rings. The number of nitrogens with one attached hydrogen (secondary N) is 1. The van der Waals surface area contributed by atoms with E-state index in [0.29, 0.717) is 10.0 Å². The Hall–Kier alpha value is -1.56. The van der Waals surface area contributed by atoms with Gasteiger partial charge in [-0.3, -0.25) is 0 Å². The van der Waals surface area contributed by atoms with Gasteiger partial charge in [0.1, 0.15) is 5.82 Å². The first-order valence-electron chi connectivity index (χ1n) is 5.29. The van der Waals surface area contributed by atoms with Crippen LogP contribution in [0, 0.1) is 23.3 Å². The zero-order valence-corrected chi connectivity index (χ0v) is 11.1. The van der Waals surface area contributed by atoms with E-state index in [0.717, 1.165) is 12.1 Å². The molecule has 19 heavy (non-hydrogen) atoms. The van der Waals surface area contributed by atoms with Crippen LogP contribution in [0.1, 0.15) is 5.56 Å². The van der Waals surface area contributed by atoms with Crippen LogP contribution in [0.4, 0.5) is 23.2 Å². The second-order valence-corrected chi connectivity index (χ2v) is 4.70. The van der Waals surface area contributed by atoms with Crippen LogP contribution in [0.3, 0.4) is 0 Å². The minimum atomic E-state index is -1.52. The van der Waals surface area contributed by atoms with Crippen LogP contribution < -0.4 is 5.32 Å². The maximum absolute atomic E-state index is 13.0. The van der Waals surface area contributed by atoms with Gasteiger partial charge in [0.05, 0.1) is 0 Å². The topological polar surface area (TPSA) is 12.0 Å². The van der Waals surface area contributed by atoms with E-state index in [9.17, 15) is 17.6 Å². The zero-order valence-electron chi connectivity index (χ0n) is 9.48. The fourth-order valence-electron chi connectivity index (χ4n) is 1.53. The van der Waals surface area contributed by atoms with Crippen molar-refractivity contribution in [2.24, 2.45) is 0 Å². The first kappa shape index (κ1) is 13.9. The second-order valence-electron chi connectivity index (χ2n) is 3.84. The molecule has 2 aromatic carbocycles. The summed E-state index contributed by atoms with van der Waals surface area (Å²) < 4.78 is 52.4. The van der Waals surface area contributed by atoms with Crippen molar-refractivity contribution in [2.45, 2.75) is 6.54 Å². The van der Waals surface area contributed by atoms with Crippen molar-refractivity contribution < 1.29 is 17.6 Å². The van der Waals surface area contributed by atoms with Gasteiger partial charge in [0.2, 0.25) is 0 Å². The molecular weight excluding hydrogens is 326 g/mol. The van der Waals surface area contributed by atoms with E-state index in [4.69, 9.17) is 0 Å². The van der Waals surface area contributed by atoms with Crippen LogP contribution in [-0.4, -0.2) is 0 Å². The standard InChI is InChI=1S/C13H8BrF4N/c14-10-2-1-8(15)3-7(10)6-19-9-4-11(16)13(18)12(17)5-9/h1-5,19H,6H2. The van der Waals surface area contributed by atoms with Gasteiger partial charge in [-0.15, -0.1) is 0 Å². The Balaban J connectivity index is 2.17. The zero-order chi connectivity index (χ0) is 14.0. The van der Waals surface area contributed by atoms with E-state index in [2.05, 4.69) is 21.2 Å². The van der Waals surface area contributed by atoms with Gasteiger partial charge in [0, 0.05) is 28.8 Å². The highest BCUT2D eigenvalue weighted by atomic mass is 79.9. The number of rotatable bonds is 3. The fraction of sp³-hybridized carbons (Fsp3) is 0.0769. The first-order valence-corrected chi connectivity index (χ1v) is 6.09. The van der Waals surface area contributed by atoms with E-state index in [1.165, 1.54) is 18.2 Å². The second kappa shape index (κ2) is 5.61. The predicted molar refractivity (Wildman–Crippen MR) is 67.7 cm³/mol. The Morgan fingerprint density at radius 2 is 1.58 bits per heavy atom. The highest BCUT2D eigenvalue weighted by Crippen LogP contribution is 2.21. The van der Waals surface area contributed by atoms with Gasteiger partial charge in [-0.1, -0.05) is 15.9 Å². The normalized spacial score (nSPS) is 10.6. The lowest BCUT2D eigenvalue weighted by atomic mass is 10.2. The van der Waals surface area contributed by atoms with Crippen LogP contribution in [0.25, 0.3) is 0 Å². The van der Waals surface area contributed by atoms with Gasteiger partial charge in [-0.2, -0.15) is 0 Å². The van der Waals surface area contributed by atoms with Gasteiger partial charge >= 0.3 is 0 Å². The number of halogens is 5. The van der Waals surface area contributed by atoms with Crippen LogP contribution in [0.2, 0.25) is 0 Å². The molecule has 0 unspecified atom stereocenters. The molecule has 0 aliphatic heterocycles. The molecule has 6 heteroatoms. The van der Waals surface area contributed by atoms with E-state index in [1.54, 1.807) is 0 Å². The molecule has 0 aliphatic rings. The van der Waals surface area contributed by atoms with Crippen molar-refractivity contribution in [3.8, 4) is 0 Å². The van der Waals surface area contributed by atoms with Gasteiger partial charge in [0.25, 0.3) is 0 Å². The maximum Gasteiger partial charge on any atom is 0.194 e. The number of benzene rings is 2. The molecule has 0 amide bonds. The summed E-state index contributed by atoms with van der Waals surface area (Å²) in [5, 5.41) is 2.69. The van der Waals surface area contributed by atoms with E-state index in [1.807, 2.05) is 0 Å². The van der Waals surface area contributed by atoms with Crippen molar-refractivity contribution in [1.82, 2.24) is 0 Å². The SMILES string of the molecule is Fc1ccc(Br)c(CNc2cc(F)c(F)c(F)c2)c1. The van der Waals surface area contributed by atoms with Crippen molar-refractivity contribution in [3.05, 3.63) is 63.6 Å². The summed E-state index contributed by atoms with van der Waals surface area (Å²) in [4.78, 5) is 0. The first-order chi connectivity index (χ1) is 8.97. The summed E-state index contributed by atoms with van der Waals surface area (Å²) >= 11 is 3.23. The Labute approximate surface area is 115 Å². The van der Waals surface area contributed by atoms with Crippen LogP contribution in [0.5, 0.6) is 0 Å². The summed E-state index contributed by atoms with van der Waals surface area (Å²) in [5.41, 5.74) is 0.651.